The van der Waals surface area contributed by atoms with Crippen LogP contribution in [0.25, 0.3) is 27.8 Å². The normalized spacial score (nSPS) is 12.3. The predicted molar refractivity (Wildman–Crippen MR) is 117 cm³/mol. The molecule has 1 aliphatic rings. The molecule has 10 heteroatoms. The van der Waals surface area contributed by atoms with E-state index < -0.39 is 11.7 Å². The molecule has 33 heavy (non-hydrogen) atoms. The first kappa shape index (κ1) is 19.0. The summed E-state index contributed by atoms with van der Waals surface area (Å²) in [6, 6.07) is 13.4. The van der Waals surface area contributed by atoms with Crippen LogP contribution in [0.3, 0.4) is 0 Å². The molecule has 5 aromatic rings. The van der Waals surface area contributed by atoms with Gasteiger partial charge in [-0.05, 0) is 48.0 Å². The SMILES string of the molecule is O=C(Nc1ccc2c(n1)OCO2)c1ccc(-n2cnc3ccc(-c4cn[nH]c4)cc32)cc1F. The number of nitrogens with one attached hydrogen (secondary N) is 2. The van der Waals surface area contributed by atoms with E-state index in [1.807, 2.05) is 18.2 Å². The number of carbonyl (C=O) groups excluding carboxylic acids is 1. The maximum atomic E-state index is 14.9. The number of hydrogen-bond donors (Lipinski definition) is 2. The Balaban J connectivity index is 1.30. The zero-order valence-electron chi connectivity index (χ0n) is 16.9. The van der Waals surface area contributed by atoms with Crippen LogP contribution >= 0.6 is 0 Å². The summed E-state index contributed by atoms with van der Waals surface area (Å²) in [7, 11) is 0. The molecule has 0 fully saturated rings. The van der Waals surface area contributed by atoms with Crippen LogP contribution in [0, 0.1) is 5.82 Å². The number of hydrogen-bond acceptors (Lipinski definition) is 6. The summed E-state index contributed by atoms with van der Waals surface area (Å²) in [6.07, 6.45) is 5.14. The topological polar surface area (TPSA) is 107 Å². The summed E-state index contributed by atoms with van der Waals surface area (Å²) in [5.41, 5.74) is 3.87. The molecular formula is C23H15FN6O3. The number of aromatic amines is 1. The summed E-state index contributed by atoms with van der Waals surface area (Å²) >= 11 is 0. The molecule has 0 radical (unpaired) electrons. The lowest BCUT2D eigenvalue weighted by molar-refractivity contribution is 0.102. The Labute approximate surface area is 185 Å². The molecule has 3 aromatic heterocycles. The van der Waals surface area contributed by atoms with Gasteiger partial charge in [-0.15, -0.1) is 0 Å². The van der Waals surface area contributed by atoms with Crippen LogP contribution in [-0.2, 0) is 0 Å². The summed E-state index contributed by atoms with van der Waals surface area (Å²) in [4.78, 5) is 21.2. The van der Waals surface area contributed by atoms with Crippen molar-refractivity contribution in [2.45, 2.75) is 0 Å². The molecule has 0 unspecified atom stereocenters. The fourth-order valence-corrected chi connectivity index (χ4v) is 3.68. The van der Waals surface area contributed by atoms with Gasteiger partial charge in [-0.3, -0.25) is 14.5 Å². The van der Waals surface area contributed by atoms with Gasteiger partial charge < -0.3 is 14.8 Å². The minimum Gasteiger partial charge on any atom is -0.452 e. The number of aromatic nitrogens is 5. The molecule has 2 N–H and O–H groups in total. The van der Waals surface area contributed by atoms with Crippen molar-refractivity contribution in [3.05, 3.63) is 78.6 Å². The number of imidazole rings is 1. The third-order valence-electron chi connectivity index (χ3n) is 5.33. The number of rotatable bonds is 4. The average molecular weight is 442 g/mol. The maximum Gasteiger partial charge on any atom is 0.262 e. The van der Waals surface area contributed by atoms with Crippen LogP contribution in [0.4, 0.5) is 10.2 Å². The fourth-order valence-electron chi connectivity index (χ4n) is 3.68. The van der Waals surface area contributed by atoms with Gasteiger partial charge in [0.05, 0.1) is 28.5 Å². The quantitative estimate of drug-likeness (QED) is 0.437. The minimum absolute atomic E-state index is 0.0718. The van der Waals surface area contributed by atoms with Gasteiger partial charge in [0.15, 0.2) is 5.75 Å². The number of amides is 1. The Bertz CT molecular complexity index is 1510. The molecule has 2 aromatic carbocycles. The van der Waals surface area contributed by atoms with Crippen molar-refractivity contribution in [3.8, 4) is 28.4 Å². The van der Waals surface area contributed by atoms with Gasteiger partial charge >= 0.3 is 0 Å². The highest BCUT2D eigenvalue weighted by molar-refractivity contribution is 6.04. The van der Waals surface area contributed by atoms with Crippen molar-refractivity contribution < 1.29 is 18.7 Å². The molecule has 0 spiro atoms. The molecule has 1 amide bonds. The van der Waals surface area contributed by atoms with Crippen LogP contribution in [0.15, 0.2) is 67.3 Å². The van der Waals surface area contributed by atoms with Gasteiger partial charge in [0.1, 0.15) is 18.0 Å². The number of halogens is 1. The summed E-state index contributed by atoms with van der Waals surface area (Å²) in [5, 5.41) is 9.35. The zero-order valence-corrected chi connectivity index (χ0v) is 16.9. The van der Waals surface area contributed by atoms with Gasteiger partial charge in [-0.25, -0.2) is 9.37 Å². The monoisotopic (exact) mass is 442 g/mol. The Morgan fingerprint density at radius 3 is 2.88 bits per heavy atom. The molecule has 1 aliphatic heterocycles. The molecule has 9 nitrogen and oxygen atoms in total. The first-order valence-electron chi connectivity index (χ1n) is 10.00. The van der Waals surface area contributed by atoms with Crippen molar-refractivity contribution in [3.63, 3.8) is 0 Å². The minimum atomic E-state index is -0.668. The number of fused-ring (bicyclic) bond motifs is 2. The van der Waals surface area contributed by atoms with Crippen molar-refractivity contribution in [1.29, 1.82) is 0 Å². The standard InChI is InChI=1S/C23H15FN6O3/c24-17-8-15(30-11-25-18-4-1-13(7-19(18)30)14-9-26-27-10-14)2-3-16(17)22(31)28-21-6-5-20-23(29-21)33-12-32-20/h1-11H,12H2,(H,26,27)(H,28,29,31). The van der Waals surface area contributed by atoms with Gasteiger partial charge in [-0.2, -0.15) is 10.1 Å². The molecule has 162 valence electrons. The highest BCUT2D eigenvalue weighted by Gasteiger charge is 2.18. The third kappa shape index (κ3) is 3.33. The van der Waals surface area contributed by atoms with Crippen LogP contribution in [-0.4, -0.2) is 37.4 Å². The molecule has 0 atom stereocenters. The average Bonchev–Trinajstić information content (AvgIpc) is 3.58. The first-order chi connectivity index (χ1) is 16.2. The van der Waals surface area contributed by atoms with Crippen LogP contribution in [0.1, 0.15) is 10.4 Å². The van der Waals surface area contributed by atoms with Crippen molar-refractivity contribution in [2.24, 2.45) is 0 Å². The Morgan fingerprint density at radius 1 is 1.09 bits per heavy atom. The second-order valence-corrected chi connectivity index (χ2v) is 7.33. The van der Waals surface area contributed by atoms with E-state index in [1.165, 1.54) is 12.1 Å². The van der Waals surface area contributed by atoms with Gasteiger partial charge in [0.2, 0.25) is 6.79 Å². The van der Waals surface area contributed by atoms with E-state index in [2.05, 4.69) is 25.5 Å². The van der Waals surface area contributed by atoms with Gasteiger partial charge in [-0.1, -0.05) is 6.07 Å². The van der Waals surface area contributed by atoms with E-state index in [1.54, 1.807) is 41.5 Å². The number of H-pyrrole nitrogens is 1. The molecule has 6 rings (SSSR count). The lowest BCUT2D eigenvalue weighted by Gasteiger charge is -2.09. The molecular weight excluding hydrogens is 427 g/mol. The Kier molecular flexibility index (Phi) is 4.29. The Hall–Kier alpha value is -4.73. The van der Waals surface area contributed by atoms with Gasteiger partial charge in [0.25, 0.3) is 11.8 Å². The number of carbonyl (C=O) groups is 1. The van der Waals surface area contributed by atoms with E-state index in [0.29, 0.717) is 11.4 Å². The smallest absolute Gasteiger partial charge is 0.262 e. The maximum absolute atomic E-state index is 14.9. The first-order valence-corrected chi connectivity index (χ1v) is 10.00. The summed E-state index contributed by atoms with van der Waals surface area (Å²) < 4.78 is 27.1. The summed E-state index contributed by atoms with van der Waals surface area (Å²) in [5.74, 6) is -0.278. The van der Waals surface area contributed by atoms with Crippen molar-refractivity contribution in [1.82, 2.24) is 24.7 Å². The summed E-state index contributed by atoms with van der Waals surface area (Å²) in [6.45, 7) is 0.0718. The molecule has 0 bridgehead atoms. The van der Waals surface area contributed by atoms with Crippen LogP contribution in [0.5, 0.6) is 11.6 Å². The number of ether oxygens (including phenoxy) is 2. The van der Waals surface area contributed by atoms with Crippen molar-refractivity contribution in [2.75, 3.05) is 12.1 Å². The van der Waals surface area contributed by atoms with E-state index >= 15 is 0 Å². The molecule has 4 heterocycles. The fraction of sp³-hybridized carbons (Fsp3) is 0.0435. The number of anilines is 1. The second-order valence-electron chi connectivity index (χ2n) is 7.33. The molecule has 0 saturated heterocycles. The van der Waals surface area contributed by atoms with E-state index in [-0.39, 0.29) is 24.1 Å². The molecule has 0 aliphatic carbocycles. The lowest BCUT2D eigenvalue weighted by Crippen LogP contribution is -2.15. The van der Waals surface area contributed by atoms with Crippen LogP contribution in [0.2, 0.25) is 0 Å². The zero-order chi connectivity index (χ0) is 22.4. The van der Waals surface area contributed by atoms with E-state index in [9.17, 15) is 9.18 Å². The van der Waals surface area contributed by atoms with E-state index in [4.69, 9.17) is 9.47 Å². The van der Waals surface area contributed by atoms with Crippen LogP contribution < -0.4 is 14.8 Å². The predicted octanol–water partition coefficient (Wildman–Crippen LogP) is 3.93. The highest BCUT2D eigenvalue weighted by Crippen LogP contribution is 2.31. The van der Waals surface area contributed by atoms with Gasteiger partial charge in [0, 0.05) is 11.8 Å². The number of nitrogens with zero attached hydrogens (tertiary/aromatic N) is 4. The lowest BCUT2D eigenvalue weighted by atomic mass is 10.1. The Morgan fingerprint density at radius 2 is 2.03 bits per heavy atom. The highest BCUT2D eigenvalue weighted by atomic mass is 19.1. The third-order valence-corrected chi connectivity index (χ3v) is 5.33. The largest absolute Gasteiger partial charge is 0.452 e. The van der Waals surface area contributed by atoms with E-state index in [0.717, 1.165) is 22.2 Å². The number of pyridine rings is 1. The molecule has 0 saturated carbocycles. The number of benzene rings is 2. The van der Waals surface area contributed by atoms with Crippen molar-refractivity contribution >= 4 is 22.8 Å². The second kappa shape index (κ2) is 7.45.